The lowest BCUT2D eigenvalue weighted by Crippen LogP contribution is -2.24. The number of para-hydroxylation sites is 1. The molecule has 4 nitrogen and oxygen atoms in total. The minimum atomic E-state index is -0.0122. The highest BCUT2D eigenvalue weighted by Gasteiger charge is 2.10. The Kier molecular flexibility index (Phi) is 6.24. The monoisotopic (exact) mass is 401 g/mol. The largest absolute Gasteiger partial charge is 0.351 e. The number of aryl methyl sites for hydroxylation is 2. The SMILES string of the molecule is Cc1ccccc1CNC(=O)CSc1nn(-c2ccccc2C)c(=S)s1. The lowest BCUT2D eigenvalue weighted by molar-refractivity contribution is -0.118. The van der Waals surface area contributed by atoms with Crippen molar-refractivity contribution in [1.29, 1.82) is 0 Å². The van der Waals surface area contributed by atoms with Gasteiger partial charge in [0, 0.05) is 6.54 Å². The molecule has 1 amide bonds. The molecule has 0 bridgehead atoms. The van der Waals surface area contributed by atoms with Gasteiger partial charge in [-0.3, -0.25) is 4.79 Å². The van der Waals surface area contributed by atoms with Crippen molar-refractivity contribution < 1.29 is 4.79 Å². The summed E-state index contributed by atoms with van der Waals surface area (Å²) >= 11 is 8.27. The van der Waals surface area contributed by atoms with Gasteiger partial charge < -0.3 is 5.32 Å². The molecule has 3 rings (SSSR count). The molecule has 7 heteroatoms. The Morgan fingerprint density at radius 3 is 2.58 bits per heavy atom. The van der Waals surface area contributed by atoms with Crippen molar-refractivity contribution >= 4 is 41.2 Å². The van der Waals surface area contributed by atoms with Gasteiger partial charge in [-0.15, -0.1) is 5.10 Å². The zero-order chi connectivity index (χ0) is 18.5. The summed E-state index contributed by atoms with van der Waals surface area (Å²) in [6.45, 7) is 4.61. The zero-order valence-corrected chi connectivity index (χ0v) is 17.0. The van der Waals surface area contributed by atoms with Gasteiger partial charge in [0.05, 0.1) is 11.4 Å². The highest BCUT2D eigenvalue weighted by atomic mass is 32.2. The van der Waals surface area contributed by atoms with E-state index >= 15 is 0 Å². The van der Waals surface area contributed by atoms with Crippen LogP contribution in [-0.4, -0.2) is 21.4 Å². The average Bonchev–Trinajstić information content (AvgIpc) is 3.00. The van der Waals surface area contributed by atoms with Gasteiger partial charge in [-0.05, 0) is 48.8 Å². The summed E-state index contributed by atoms with van der Waals surface area (Å²) in [6.07, 6.45) is 0. The Labute approximate surface area is 166 Å². The number of nitrogens with one attached hydrogen (secondary N) is 1. The molecule has 0 atom stereocenters. The number of hydrogen-bond acceptors (Lipinski definition) is 5. The van der Waals surface area contributed by atoms with Crippen molar-refractivity contribution in [3.63, 3.8) is 0 Å². The van der Waals surface area contributed by atoms with Crippen LogP contribution in [-0.2, 0) is 11.3 Å². The van der Waals surface area contributed by atoms with Gasteiger partial charge in [0.2, 0.25) is 5.91 Å². The van der Waals surface area contributed by atoms with Crippen LogP contribution in [0.25, 0.3) is 5.69 Å². The molecule has 2 aromatic carbocycles. The number of rotatable bonds is 6. The van der Waals surface area contributed by atoms with E-state index in [0.717, 1.165) is 21.2 Å². The van der Waals surface area contributed by atoms with E-state index in [1.54, 1.807) is 4.68 Å². The number of benzene rings is 2. The number of carbonyl (C=O) groups excluding carboxylic acids is 1. The number of aromatic nitrogens is 2. The summed E-state index contributed by atoms with van der Waals surface area (Å²) < 4.78 is 3.24. The smallest absolute Gasteiger partial charge is 0.230 e. The topological polar surface area (TPSA) is 46.9 Å². The van der Waals surface area contributed by atoms with Crippen molar-refractivity contribution in [2.45, 2.75) is 24.7 Å². The molecule has 0 saturated carbocycles. The number of carbonyl (C=O) groups is 1. The Hall–Kier alpha value is -1.96. The van der Waals surface area contributed by atoms with Crippen molar-refractivity contribution in [3.8, 4) is 5.69 Å². The van der Waals surface area contributed by atoms with Crippen LogP contribution in [0.5, 0.6) is 0 Å². The van der Waals surface area contributed by atoms with Gasteiger partial charge >= 0.3 is 0 Å². The molecule has 0 unspecified atom stereocenters. The summed E-state index contributed by atoms with van der Waals surface area (Å²) in [5.74, 6) is 0.309. The third-order valence-electron chi connectivity index (χ3n) is 3.94. The van der Waals surface area contributed by atoms with E-state index in [0.29, 0.717) is 16.3 Å². The first kappa shape index (κ1) is 18.8. The number of nitrogens with zero attached hydrogens (tertiary/aromatic N) is 2. The van der Waals surface area contributed by atoms with Gasteiger partial charge in [0.25, 0.3) is 0 Å². The van der Waals surface area contributed by atoms with E-state index in [1.165, 1.54) is 28.7 Å². The fourth-order valence-corrected chi connectivity index (χ4v) is 4.63. The quantitative estimate of drug-likeness (QED) is 0.481. The standard InChI is InChI=1S/C19H19N3OS3/c1-13-7-3-5-9-15(13)11-20-17(23)12-25-18-21-22(19(24)26-18)16-10-6-4-8-14(16)2/h3-10H,11-12H2,1-2H3,(H,20,23). The fourth-order valence-electron chi connectivity index (χ4n) is 2.45. The van der Waals surface area contributed by atoms with Crippen molar-refractivity contribution in [1.82, 2.24) is 15.1 Å². The van der Waals surface area contributed by atoms with E-state index in [-0.39, 0.29) is 5.91 Å². The van der Waals surface area contributed by atoms with Crippen LogP contribution in [0.1, 0.15) is 16.7 Å². The minimum absolute atomic E-state index is 0.0122. The van der Waals surface area contributed by atoms with Crippen LogP contribution in [0.3, 0.4) is 0 Å². The Balaban J connectivity index is 1.59. The Morgan fingerprint density at radius 2 is 1.85 bits per heavy atom. The second-order valence-corrected chi connectivity index (χ2v) is 8.67. The van der Waals surface area contributed by atoms with E-state index in [1.807, 2.05) is 62.4 Å². The summed E-state index contributed by atoms with van der Waals surface area (Å²) in [5, 5.41) is 7.52. The van der Waals surface area contributed by atoms with E-state index in [9.17, 15) is 4.79 Å². The molecule has 26 heavy (non-hydrogen) atoms. The van der Waals surface area contributed by atoms with E-state index < -0.39 is 0 Å². The van der Waals surface area contributed by atoms with Crippen molar-refractivity contribution in [2.24, 2.45) is 0 Å². The van der Waals surface area contributed by atoms with Gasteiger partial charge in [-0.25, -0.2) is 4.68 Å². The molecule has 134 valence electrons. The maximum atomic E-state index is 12.1. The second-order valence-electron chi connectivity index (χ2n) is 5.82. The summed E-state index contributed by atoms with van der Waals surface area (Å²) in [5.41, 5.74) is 4.40. The number of amides is 1. The molecule has 0 aliphatic heterocycles. The predicted molar refractivity (Wildman–Crippen MR) is 111 cm³/mol. The van der Waals surface area contributed by atoms with Gasteiger partial charge in [0.1, 0.15) is 0 Å². The maximum Gasteiger partial charge on any atom is 0.230 e. The molecule has 0 radical (unpaired) electrons. The van der Waals surface area contributed by atoms with Crippen molar-refractivity contribution in [2.75, 3.05) is 5.75 Å². The number of thioether (sulfide) groups is 1. The molecule has 3 aromatic rings. The van der Waals surface area contributed by atoms with Gasteiger partial charge in [0.15, 0.2) is 8.29 Å². The summed E-state index contributed by atoms with van der Waals surface area (Å²) in [6, 6.07) is 16.0. The summed E-state index contributed by atoms with van der Waals surface area (Å²) in [4.78, 5) is 12.1. The zero-order valence-electron chi connectivity index (χ0n) is 14.6. The summed E-state index contributed by atoms with van der Waals surface area (Å²) in [7, 11) is 0. The van der Waals surface area contributed by atoms with Crippen molar-refractivity contribution in [3.05, 3.63) is 69.2 Å². The molecular formula is C19H19N3OS3. The first-order valence-electron chi connectivity index (χ1n) is 8.15. The number of hydrogen-bond donors (Lipinski definition) is 1. The molecule has 0 aliphatic carbocycles. The van der Waals surface area contributed by atoms with Gasteiger partial charge in [-0.1, -0.05) is 65.6 Å². The lowest BCUT2D eigenvalue weighted by Gasteiger charge is -2.07. The Bertz CT molecular complexity index is 978. The average molecular weight is 402 g/mol. The highest BCUT2D eigenvalue weighted by Crippen LogP contribution is 2.25. The van der Waals surface area contributed by atoms with Crippen LogP contribution >= 0.6 is 35.3 Å². The predicted octanol–water partition coefficient (Wildman–Crippen LogP) is 4.69. The molecule has 0 spiro atoms. The first-order valence-corrected chi connectivity index (χ1v) is 10.4. The molecule has 1 N–H and O–H groups in total. The van der Waals surface area contributed by atoms with Crippen LogP contribution < -0.4 is 5.32 Å². The van der Waals surface area contributed by atoms with Crippen LogP contribution in [0.15, 0.2) is 52.9 Å². The third kappa shape index (κ3) is 4.60. The highest BCUT2D eigenvalue weighted by molar-refractivity contribution is 8.01. The fraction of sp³-hybridized carbons (Fsp3) is 0.211. The molecule has 0 aliphatic rings. The van der Waals surface area contributed by atoms with Gasteiger partial charge in [-0.2, -0.15) is 0 Å². The maximum absolute atomic E-state index is 12.1. The minimum Gasteiger partial charge on any atom is -0.351 e. The van der Waals surface area contributed by atoms with E-state index in [4.69, 9.17) is 12.2 Å². The lowest BCUT2D eigenvalue weighted by atomic mass is 10.1. The molecule has 0 saturated heterocycles. The Morgan fingerprint density at radius 1 is 1.15 bits per heavy atom. The first-order chi connectivity index (χ1) is 12.5. The van der Waals surface area contributed by atoms with Crippen LogP contribution in [0, 0.1) is 17.8 Å². The molecule has 1 aromatic heterocycles. The second kappa shape index (κ2) is 8.62. The molecular weight excluding hydrogens is 382 g/mol. The third-order valence-corrected chi connectivity index (χ3v) is 6.30. The van der Waals surface area contributed by atoms with E-state index in [2.05, 4.69) is 10.4 Å². The van der Waals surface area contributed by atoms with Crippen LogP contribution in [0.4, 0.5) is 0 Å². The molecule has 1 heterocycles. The normalized spacial score (nSPS) is 10.7. The molecule has 0 fully saturated rings. The van der Waals surface area contributed by atoms with Crippen LogP contribution in [0.2, 0.25) is 0 Å².